The second kappa shape index (κ2) is 25.5. The van der Waals surface area contributed by atoms with Crippen molar-refractivity contribution in [3.63, 3.8) is 0 Å². The number of cyclic esters (lactones) is 1. The standard InChI is InChI=1S/C53H91N5O14S/c1-15-26-73(65,66)40-20-18-39(19-21-40)68-25-17-23-58-31-38(54-55-58)22-24-56(12)41-27-33(4)69-50(45(41)59)72-48-34(5)44(42-29-52(10,67-14)47(61)37(8)70-42)35(6)49(62)71-43(16-2)53(11,64)46(60)36(7)57(13)30-32(3)28-51(48,9)63/h18-21,31-37,41-48,50,59-61,63-64H,15-17,22-30H2,1-14H3/t32-,33-,34+,35-,36-,37+,41+,42?,43-,44+,45-,46-,47+,48-,50+,51-,52-,53-/m1/s1. The third kappa shape index (κ3) is 14.8. The number of nitrogens with zero attached hydrogens (tertiary/aromatic N) is 5. The highest BCUT2D eigenvalue weighted by Gasteiger charge is 2.55. The van der Waals surface area contributed by atoms with Crippen molar-refractivity contribution in [1.29, 1.82) is 0 Å². The molecular formula is C53H91N5O14S. The molecule has 4 heterocycles. The molecule has 3 aliphatic heterocycles. The Morgan fingerprint density at radius 3 is 2.26 bits per heavy atom. The molecular weight excluding hydrogens is 963 g/mol. The number of esters is 1. The van der Waals surface area contributed by atoms with Gasteiger partial charge < -0.3 is 63.8 Å². The summed E-state index contributed by atoms with van der Waals surface area (Å²) in [6.07, 6.45) is -3.83. The molecule has 3 fully saturated rings. The molecule has 418 valence electrons. The molecule has 2 aromatic rings. The molecule has 20 heteroatoms. The Morgan fingerprint density at radius 1 is 0.959 bits per heavy atom. The number of aromatic nitrogens is 3. The zero-order valence-corrected chi connectivity index (χ0v) is 46.9. The molecule has 0 aliphatic carbocycles. The summed E-state index contributed by atoms with van der Waals surface area (Å²) in [5.74, 6) is -2.49. The van der Waals surface area contributed by atoms with E-state index in [1.807, 2.05) is 52.9 Å². The number of rotatable bonds is 17. The maximum absolute atomic E-state index is 14.6. The first-order valence-electron chi connectivity index (χ1n) is 26.6. The highest BCUT2D eigenvalue weighted by Crippen LogP contribution is 2.45. The smallest absolute Gasteiger partial charge is 0.309 e. The zero-order valence-electron chi connectivity index (χ0n) is 46.1. The number of likely N-dealkylation sites (N-methyl/N-ethyl adjacent to an activating group) is 2. The van der Waals surface area contributed by atoms with Crippen LogP contribution in [0.25, 0.3) is 0 Å². The molecule has 0 spiro atoms. The zero-order chi connectivity index (χ0) is 54.4. The number of carbonyl (C=O) groups is 1. The first-order chi connectivity index (χ1) is 34.1. The molecule has 73 heavy (non-hydrogen) atoms. The van der Waals surface area contributed by atoms with E-state index in [1.165, 1.54) is 14.0 Å². The topological polar surface area (TPSA) is 245 Å². The van der Waals surface area contributed by atoms with Crippen LogP contribution in [-0.4, -0.2) is 195 Å². The van der Waals surface area contributed by atoms with Crippen molar-refractivity contribution in [3.8, 4) is 5.75 Å². The van der Waals surface area contributed by atoms with E-state index in [0.717, 1.165) is 5.69 Å². The molecule has 0 amide bonds. The summed E-state index contributed by atoms with van der Waals surface area (Å²) in [5.41, 5.74) is -3.71. The Hall–Kier alpha value is -2.86. The lowest BCUT2D eigenvalue weighted by Gasteiger charge is -2.51. The molecule has 18 atom stereocenters. The van der Waals surface area contributed by atoms with Crippen molar-refractivity contribution < 1.29 is 67.2 Å². The summed E-state index contributed by atoms with van der Waals surface area (Å²) in [4.78, 5) is 18.9. The fraction of sp³-hybridized carbons (Fsp3) is 0.830. The number of aliphatic hydroxyl groups is 5. The van der Waals surface area contributed by atoms with Crippen LogP contribution >= 0.6 is 0 Å². The van der Waals surface area contributed by atoms with E-state index in [4.69, 9.17) is 28.4 Å². The largest absolute Gasteiger partial charge is 0.494 e. The van der Waals surface area contributed by atoms with Crippen LogP contribution in [0.4, 0.5) is 0 Å². The number of methoxy groups -OCH3 is 1. The number of hydrogen-bond acceptors (Lipinski definition) is 18. The van der Waals surface area contributed by atoms with Crippen molar-refractivity contribution in [2.45, 2.75) is 217 Å². The van der Waals surface area contributed by atoms with E-state index in [2.05, 4.69) is 15.2 Å². The second-order valence-corrected chi connectivity index (χ2v) is 24.6. The van der Waals surface area contributed by atoms with Gasteiger partial charge in [-0.05, 0) is 117 Å². The van der Waals surface area contributed by atoms with Crippen LogP contribution in [0.2, 0.25) is 0 Å². The molecule has 3 saturated heterocycles. The molecule has 5 N–H and O–H groups in total. The second-order valence-electron chi connectivity index (χ2n) is 22.5. The monoisotopic (exact) mass is 1050 g/mol. The number of hydrogen-bond donors (Lipinski definition) is 5. The molecule has 1 aromatic carbocycles. The fourth-order valence-corrected chi connectivity index (χ4v) is 13.1. The van der Waals surface area contributed by atoms with Crippen molar-refractivity contribution in [2.75, 3.05) is 46.7 Å². The molecule has 0 bridgehead atoms. The van der Waals surface area contributed by atoms with Gasteiger partial charge in [-0.2, -0.15) is 0 Å². The quantitative estimate of drug-likeness (QED) is 0.111. The van der Waals surface area contributed by atoms with Crippen molar-refractivity contribution in [2.24, 2.45) is 23.7 Å². The van der Waals surface area contributed by atoms with Gasteiger partial charge in [-0.1, -0.05) is 39.8 Å². The molecule has 1 unspecified atom stereocenters. The first-order valence-corrected chi connectivity index (χ1v) is 28.2. The predicted octanol–water partition coefficient (Wildman–Crippen LogP) is 4.03. The van der Waals surface area contributed by atoms with Gasteiger partial charge in [0.15, 0.2) is 16.1 Å². The molecule has 1 aromatic heterocycles. The lowest BCUT2D eigenvalue weighted by molar-refractivity contribution is -0.302. The van der Waals surface area contributed by atoms with Gasteiger partial charge >= 0.3 is 5.97 Å². The van der Waals surface area contributed by atoms with Gasteiger partial charge in [0.2, 0.25) is 0 Å². The van der Waals surface area contributed by atoms with Crippen LogP contribution in [0.5, 0.6) is 5.75 Å². The SMILES string of the molecule is CCCS(=O)(=O)c1ccc(OCCCn2cc(CCN(C)[C@H]3C[C@@H](C)O[C@@H](O[C@@H]4[C@@H](C)[C@H](C5C[C@@](C)(OC)[C@@H](O)[C@H](C)O5)[C@@H](C)C(=O)O[C@H](CC)[C@@](C)(O)[C@H](O)[C@@H](C)N(C)C[C@H](C)C[C@@]4(C)O)[C@@H]3O)nn2)cc1. The third-order valence-corrected chi connectivity index (χ3v) is 18.2. The summed E-state index contributed by atoms with van der Waals surface area (Å²) < 4.78 is 64.5. The summed E-state index contributed by atoms with van der Waals surface area (Å²) in [6.45, 7) is 21.6. The van der Waals surface area contributed by atoms with Gasteiger partial charge in [-0.3, -0.25) is 9.48 Å². The van der Waals surface area contributed by atoms with Crippen LogP contribution < -0.4 is 4.74 Å². The van der Waals surface area contributed by atoms with E-state index in [0.29, 0.717) is 57.7 Å². The average molecular weight is 1050 g/mol. The Balaban J connectivity index is 1.36. The highest BCUT2D eigenvalue weighted by molar-refractivity contribution is 7.91. The Labute approximate surface area is 435 Å². The van der Waals surface area contributed by atoms with E-state index >= 15 is 0 Å². The summed E-state index contributed by atoms with van der Waals surface area (Å²) >= 11 is 0. The Kier molecular flexibility index (Phi) is 21.3. The normalized spacial score (nSPS) is 38.9. The van der Waals surface area contributed by atoms with Crippen molar-refractivity contribution in [1.82, 2.24) is 24.8 Å². The van der Waals surface area contributed by atoms with Crippen LogP contribution in [0.3, 0.4) is 0 Å². The Bertz CT molecular complexity index is 2150. The maximum atomic E-state index is 14.6. The first kappa shape index (κ1) is 61.0. The fourth-order valence-electron chi connectivity index (χ4n) is 11.8. The van der Waals surface area contributed by atoms with E-state index in [1.54, 1.807) is 70.5 Å². The molecule has 3 aliphatic rings. The molecule has 0 saturated carbocycles. The third-order valence-electron chi connectivity index (χ3n) is 16.2. The van der Waals surface area contributed by atoms with E-state index in [9.17, 15) is 38.7 Å². The number of aryl methyl sites for hydroxylation is 1. The van der Waals surface area contributed by atoms with E-state index < -0.39 is 111 Å². The predicted molar refractivity (Wildman–Crippen MR) is 274 cm³/mol. The van der Waals surface area contributed by atoms with Gasteiger partial charge in [0.25, 0.3) is 0 Å². The Morgan fingerprint density at radius 2 is 1.63 bits per heavy atom. The maximum Gasteiger partial charge on any atom is 0.309 e. The van der Waals surface area contributed by atoms with Crippen LogP contribution in [-0.2, 0) is 51.3 Å². The molecule has 0 radical (unpaired) electrons. The summed E-state index contributed by atoms with van der Waals surface area (Å²) in [6, 6.07) is 5.50. The minimum atomic E-state index is -3.30. The lowest BCUT2D eigenvalue weighted by atomic mass is 9.68. The minimum Gasteiger partial charge on any atom is -0.494 e. The van der Waals surface area contributed by atoms with Crippen molar-refractivity contribution in [3.05, 3.63) is 36.2 Å². The van der Waals surface area contributed by atoms with Gasteiger partial charge in [0.05, 0.1) is 64.5 Å². The van der Waals surface area contributed by atoms with Crippen LogP contribution in [0.1, 0.15) is 120 Å². The molecule has 19 nitrogen and oxygen atoms in total. The number of benzene rings is 1. The van der Waals surface area contributed by atoms with Crippen molar-refractivity contribution >= 4 is 15.8 Å². The van der Waals surface area contributed by atoms with Gasteiger partial charge in [-0.25, -0.2) is 8.42 Å². The summed E-state index contributed by atoms with van der Waals surface area (Å²) in [7, 11) is 2.01. The lowest BCUT2D eigenvalue weighted by Crippen LogP contribution is -2.62. The molecule has 5 rings (SSSR count). The van der Waals surface area contributed by atoms with Gasteiger partial charge in [0, 0.05) is 70.2 Å². The summed E-state index contributed by atoms with van der Waals surface area (Å²) in [5, 5.41) is 68.8. The number of sulfone groups is 1. The van der Waals surface area contributed by atoms with E-state index in [-0.39, 0.29) is 41.9 Å². The number of ether oxygens (including phenoxy) is 6. The van der Waals surface area contributed by atoms with Crippen LogP contribution in [0, 0.1) is 23.7 Å². The highest BCUT2D eigenvalue weighted by atomic mass is 32.2. The number of aliphatic hydroxyl groups excluding tert-OH is 3. The number of carbonyl (C=O) groups excluding carboxylic acids is 1. The van der Waals surface area contributed by atoms with Crippen LogP contribution in [0.15, 0.2) is 35.4 Å². The average Bonchev–Trinajstić information content (AvgIpc) is 3.79. The minimum absolute atomic E-state index is 0.102. The van der Waals surface area contributed by atoms with Gasteiger partial charge in [0.1, 0.15) is 35.8 Å². The van der Waals surface area contributed by atoms with Gasteiger partial charge in [-0.15, -0.1) is 5.10 Å².